The quantitative estimate of drug-likeness (QED) is 0.128. The highest BCUT2D eigenvalue weighted by Crippen LogP contribution is 2.34. The van der Waals surface area contributed by atoms with E-state index in [0.717, 1.165) is 0 Å². The monoisotopic (exact) mass is 172 g/mol. The highest BCUT2D eigenvalue weighted by atomic mass is 32.5. The Morgan fingerprint density at radius 1 is 1.67 bits per heavy atom. The second-order valence-corrected chi connectivity index (χ2v) is 3.89. The van der Waals surface area contributed by atoms with Crippen LogP contribution in [-0.4, -0.2) is 33.2 Å². The zero-order valence-corrected chi connectivity index (χ0v) is 6.34. The van der Waals surface area contributed by atoms with Crippen molar-refractivity contribution in [1.82, 2.24) is 0 Å². The zero-order valence-electron chi connectivity index (χ0n) is 4.63. The predicted molar refractivity (Wildman–Crippen MR) is 33.8 cm³/mol. The topological polar surface area (TPSA) is 72.9 Å². The van der Waals surface area contributed by atoms with Gasteiger partial charge in [-0.25, -0.2) is 0 Å². The first-order chi connectivity index (χ1) is 3.92. The number of hydrogen-bond acceptors (Lipinski definition) is 3. The third kappa shape index (κ3) is 7.84. The summed E-state index contributed by atoms with van der Waals surface area (Å²) in [4.78, 5) is 16.7. The van der Waals surface area contributed by atoms with E-state index in [1.54, 1.807) is 0 Å². The van der Waals surface area contributed by atoms with E-state index in [1.165, 1.54) is 7.05 Å². The van der Waals surface area contributed by atoms with Crippen LogP contribution >= 0.6 is 6.72 Å². The molecule has 0 rings (SSSR count). The Labute approximate surface area is 57.0 Å². The Kier molecular flexibility index (Phi) is 3.07. The third-order valence-corrected chi connectivity index (χ3v) is 0.964. The van der Waals surface area contributed by atoms with E-state index in [9.17, 15) is 0 Å². The summed E-state index contributed by atoms with van der Waals surface area (Å²) in [7, 11) is 1.24. The maximum atomic E-state index is 8.36. The van der Waals surface area contributed by atoms with Gasteiger partial charge in [0, 0.05) is 16.5 Å². The van der Waals surface area contributed by atoms with Gasteiger partial charge in [0.05, 0.1) is 0 Å². The van der Waals surface area contributed by atoms with Gasteiger partial charge in [0.15, 0.2) is 7.05 Å². The standard InChI is InChI=1S/C2H6NO4PS/c1-3(4)2-7-8(5,6)9/h2H,1H3,(H2-,4,5,6,9)/p+1. The maximum Gasteiger partial charge on any atom is 0.379 e. The first kappa shape index (κ1) is 8.84. The molecule has 0 saturated carbocycles. The van der Waals surface area contributed by atoms with Crippen LogP contribution in [0.5, 0.6) is 0 Å². The minimum absolute atomic E-state index is 0.521. The molecule has 5 nitrogen and oxygen atoms in total. The van der Waals surface area contributed by atoms with E-state index in [0.29, 0.717) is 11.1 Å². The van der Waals surface area contributed by atoms with E-state index < -0.39 is 6.72 Å². The van der Waals surface area contributed by atoms with Crippen LogP contribution in [0.4, 0.5) is 0 Å². The Hall–Kier alpha value is -0.160. The minimum atomic E-state index is -3.64. The lowest BCUT2D eigenvalue weighted by Gasteiger charge is -1.99. The SMILES string of the molecule is C[N+](O)=COP(O)(O)=S. The van der Waals surface area contributed by atoms with Gasteiger partial charge in [-0.1, -0.05) is 0 Å². The molecular formula is C2H7NO4PS+. The molecule has 0 fully saturated rings. The van der Waals surface area contributed by atoms with Crippen LogP contribution in [0.2, 0.25) is 0 Å². The van der Waals surface area contributed by atoms with Crippen molar-refractivity contribution in [1.29, 1.82) is 0 Å². The summed E-state index contributed by atoms with van der Waals surface area (Å²) in [6.07, 6.45) is 0.709. The molecule has 7 heteroatoms. The van der Waals surface area contributed by atoms with E-state index in [4.69, 9.17) is 15.0 Å². The van der Waals surface area contributed by atoms with Crippen molar-refractivity contribution in [3.63, 3.8) is 0 Å². The Morgan fingerprint density at radius 3 is 2.22 bits per heavy atom. The average Bonchev–Trinajstić information content (AvgIpc) is 1.59. The van der Waals surface area contributed by atoms with Crippen molar-refractivity contribution in [2.24, 2.45) is 0 Å². The fourth-order valence-electron chi connectivity index (χ4n) is 0.130. The Morgan fingerprint density at radius 2 is 2.11 bits per heavy atom. The predicted octanol–water partition coefficient (Wildman–Crippen LogP) is -0.728. The molecular weight excluding hydrogens is 165 g/mol. The van der Waals surface area contributed by atoms with Gasteiger partial charge >= 0.3 is 13.1 Å². The van der Waals surface area contributed by atoms with Gasteiger partial charge in [0.1, 0.15) is 0 Å². The van der Waals surface area contributed by atoms with Crippen molar-refractivity contribution < 1.29 is 24.3 Å². The second kappa shape index (κ2) is 3.12. The van der Waals surface area contributed by atoms with Crippen LogP contribution in [-0.2, 0) is 16.3 Å². The first-order valence-corrected chi connectivity index (χ1v) is 4.53. The van der Waals surface area contributed by atoms with Crippen molar-refractivity contribution in [3.05, 3.63) is 0 Å². The summed E-state index contributed by atoms with van der Waals surface area (Å²) >= 11 is 4.03. The van der Waals surface area contributed by atoms with Crippen LogP contribution in [0.15, 0.2) is 0 Å². The van der Waals surface area contributed by atoms with Crippen molar-refractivity contribution in [2.75, 3.05) is 7.05 Å². The van der Waals surface area contributed by atoms with Crippen LogP contribution in [0.3, 0.4) is 0 Å². The minimum Gasteiger partial charge on any atom is -0.372 e. The molecule has 0 spiro atoms. The van der Waals surface area contributed by atoms with Crippen molar-refractivity contribution in [3.8, 4) is 0 Å². The van der Waals surface area contributed by atoms with Gasteiger partial charge < -0.3 is 14.3 Å². The van der Waals surface area contributed by atoms with Crippen LogP contribution in [0.25, 0.3) is 0 Å². The molecule has 0 amide bonds. The molecule has 9 heavy (non-hydrogen) atoms. The van der Waals surface area contributed by atoms with Crippen molar-refractivity contribution in [2.45, 2.75) is 0 Å². The lowest BCUT2D eigenvalue weighted by Crippen LogP contribution is -2.01. The fourth-order valence-corrected chi connectivity index (χ4v) is 0.504. The lowest BCUT2D eigenvalue weighted by molar-refractivity contribution is -0.754. The van der Waals surface area contributed by atoms with E-state index in [-0.39, 0.29) is 0 Å². The summed E-state index contributed by atoms with van der Waals surface area (Å²) in [5, 5.41) is 8.32. The van der Waals surface area contributed by atoms with Gasteiger partial charge in [-0.15, -0.1) is 0 Å². The van der Waals surface area contributed by atoms with Crippen LogP contribution < -0.4 is 0 Å². The van der Waals surface area contributed by atoms with Gasteiger partial charge in [-0.2, -0.15) is 0 Å². The third-order valence-electron chi connectivity index (χ3n) is 0.337. The van der Waals surface area contributed by atoms with Gasteiger partial charge in [0.25, 0.3) is 0 Å². The van der Waals surface area contributed by atoms with Crippen molar-refractivity contribution >= 4 is 24.9 Å². The summed E-state index contributed by atoms with van der Waals surface area (Å²) in [6, 6.07) is 0. The molecule has 0 aromatic carbocycles. The number of nitrogens with zero attached hydrogens (tertiary/aromatic N) is 1. The molecule has 0 saturated heterocycles. The van der Waals surface area contributed by atoms with Crippen LogP contribution in [0.1, 0.15) is 0 Å². The van der Waals surface area contributed by atoms with E-state index in [2.05, 4.69) is 16.3 Å². The molecule has 54 valence electrons. The number of hydroxylamine groups is 1. The molecule has 0 bridgehead atoms. The molecule has 0 aliphatic rings. The second-order valence-electron chi connectivity index (χ2n) is 1.28. The van der Waals surface area contributed by atoms with Gasteiger partial charge in [0.2, 0.25) is 0 Å². The Balaban J connectivity index is 3.79. The molecule has 0 atom stereocenters. The van der Waals surface area contributed by atoms with E-state index >= 15 is 0 Å². The molecule has 0 aromatic heterocycles. The first-order valence-electron chi connectivity index (χ1n) is 1.91. The molecule has 0 unspecified atom stereocenters. The molecule has 0 aromatic rings. The smallest absolute Gasteiger partial charge is 0.372 e. The zero-order chi connectivity index (χ0) is 7.49. The number of rotatable bonds is 2. The van der Waals surface area contributed by atoms with Gasteiger partial charge in [-0.05, 0) is 0 Å². The van der Waals surface area contributed by atoms with E-state index in [1.807, 2.05) is 0 Å². The summed E-state index contributed by atoms with van der Waals surface area (Å²) in [6.45, 7) is -3.64. The highest BCUT2D eigenvalue weighted by Gasteiger charge is 2.07. The molecule has 3 N–H and O–H groups in total. The molecule has 0 radical (unpaired) electrons. The normalized spacial score (nSPS) is 13.4. The summed E-state index contributed by atoms with van der Waals surface area (Å²) < 4.78 is 4.60. The summed E-state index contributed by atoms with van der Waals surface area (Å²) in [5.41, 5.74) is 0. The fraction of sp³-hybridized carbons (Fsp3) is 0.500. The largest absolute Gasteiger partial charge is 0.379 e. The average molecular weight is 172 g/mol. The molecule has 0 aliphatic heterocycles. The lowest BCUT2D eigenvalue weighted by atomic mass is 11.3. The Bertz CT molecular complexity index is 158. The molecule has 0 heterocycles. The van der Waals surface area contributed by atoms with Gasteiger partial charge in [-0.3, -0.25) is 5.21 Å². The molecule has 0 aliphatic carbocycles. The van der Waals surface area contributed by atoms with Crippen LogP contribution in [0, 0.1) is 0 Å². The summed E-state index contributed by atoms with van der Waals surface area (Å²) in [5.74, 6) is 0. The highest BCUT2D eigenvalue weighted by molar-refractivity contribution is 8.06. The maximum absolute atomic E-state index is 8.36. The number of hydrogen-bond donors (Lipinski definition) is 3.